The molecule has 0 saturated carbocycles. The molecule has 148 valence electrons. The molecule has 1 aliphatic rings. The van der Waals surface area contributed by atoms with Gasteiger partial charge in [0.1, 0.15) is 11.5 Å². The van der Waals surface area contributed by atoms with Crippen molar-refractivity contribution in [2.75, 3.05) is 34.1 Å². The zero-order chi connectivity index (χ0) is 19.9. The van der Waals surface area contributed by atoms with Crippen LogP contribution in [0.1, 0.15) is 15.9 Å². The molecule has 0 unspecified atom stereocenters. The molecule has 0 radical (unpaired) electrons. The van der Waals surface area contributed by atoms with E-state index in [1.807, 2.05) is 18.2 Å². The van der Waals surface area contributed by atoms with Crippen molar-refractivity contribution in [2.24, 2.45) is 0 Å². The van der Waals surface area contributed by atoms with E-state index in [0.717, 1.165) is 17.1 Å². The molecule has 8 heteroatoms. The van der Waals surface area contributed by atoms with Gasteiger partial charge in [0.15, 0.2) is 11.5 Å². The fraction of sp³-hybridized carbons (Fsp3) is 0.300. The summed E-state index contributed by atoms with van der Waals surface area (Å²) in [6, 6.07) is 10.4. The molecule has 8 nitrogen and oxygen atoms in total. The van der Waals surface area contributed by atoms with Crippen LogP contribution in [0.3, 0.4) is 0 Å². The summed E-state index contributed by atoms with van der Waals surface area (Å²) in [6.07, 6.45) is 0.572. The van der Waals surface area contributed by atoms with E-state index >= 15 is 0 Å². The maximum absolute atomic E-state index is 12.2. The van der Waals surface area contributed by atoms with Crippen molar-refractivity contribution in [3.63, 3.8) is 0 Å². The summed E-state index contributed by atoms with van der Waals surface area (Å²) in [5.74, 6) is 1.93. The van der Waals surface area contributed by atoms with Gasteiger partial charge in [0.05, 0.1) is 20.8 Å². The predicted molar refractivity (Wildman–Crippen MR) is 101 cm³/mol. The van der Waals surface area contributed by atoms with Gasteiger partial charge in [0.2, 0.25) is 12.7 Å². The Hall–Kier alpha value is -3.42. The smallest absolute Gasteiger partial charge is 0.251 e. The number of hydrogen-bond donors (Lipinski definition) is 2. The normalized spacial score (nSPS) is 11.6. The number of carbonyl (C=O) groups excluding carboxylic acids is 2. The summed E-state index contributed by atoms with van der Waals surface area (Å²) < 4.78 is 21.0. The van der Waals surface area contributed by atoms with Crippen molar-refractivity contribution in [1.29, 1.82) is 0 Å². The standard InChI is InChI=1S/C20H22N2O6/c1-25-15-4-6-16(26-2)13(9-15)7-8-21-19(23)11-22-20(24)14-3-5-17-18(10-14)28-12-27-17/h3-6,9-10H,7-8,11-12H2,1-2H3,(H,21,23)(H,22,24). The highest BCUT2D eigenvalue weighted by Gasteiger charge is 2.16. The van der Waals surface area contributed by atoms with Gasteiger partial charge < -0.3 is 29.6 Å². The van der Waals surface area contributed by atoms with Gasteiger partial charge in [-0.05, 0) is 48.4 Å². The summed E-state index contributed by atoms with van der Waals surface area (Å²) in [7, 11) is 3.19. The first-order chi connectivity index (χ1) is 13.6. The highest BCUT2D eigenvalue weighted by molar-refractivity contribution is 5.97. The molecule has 0 saturated heterocycles. The monoisotopic (exact) mass is 386 g/mol. The van der Waals surface area contributed by atoms with Crippen molar-refractivity contribution in [1.82, 2.24) is 10.6 Å². The number of methoxy groups -OCH3 is 2. The first kappa shape index (κ1) is 19.3. The molecule has 2 aromatic carbocycles. The van der Waals surface area contributed by atoms with Crippen LogP contribution in [0.4, 0.5) is 0 Å². The summed E-state index contributed by atoms with van der Waals surface area (Å²) in [5, 5.41) is 5.36. The molecule has 0 spiro atoms. The van der Waals surface area contributed by atoms with Crippen LogP contribution in [0, 0.1) is 0 Å². The van der Waals surface area contributed by atoms with Gasteiger partial charge in [0.25, 0.3) is 5.91 Å². The van der Waals surface area contributed by atoms with E-state index < -0.39 is 0 Å². The third kappa shape index (κ3) is 4.64. The maximum atomic E-state index is 12.2. The molecular weight excluding hydrogens is 364 g/mol. The zero-order valence-electron chi connectivity index (χ0n) is 15.7. The predicted octanol–water partition coefficient (Wildman–Crippen LogP) is 1.52. The van der Waals surface area contributed by atoms with E-state index in [1.54, 1.807) is 32.4 Å². The molecule has 0 fully saturated rings. The number of carbonyl (C=O) groups is 2. The van der Waals surface area contributed by atoms with E-state index in [4.69, 9.17) is 18.9 Å². The highest BCUT2D eigenvalue weighted by Crippen LogP contribution is 2.32. The van der Waals surface area contributed by atoms with Crippen LogP contribution in [-0.2, 0) is 11.2 Å². The lowest BCUT2D eigenvalue weighted by Gasteiger charge is -2.11. The third-order valence-electron chi connectivity index (χ3n) is 4.25. The molecule has 0 bridgehead atoms. The van der Waals surface area contributed by atoms with Crippen LogP contribution in [-0.4, -0.2) is 45.9 Å². The second-order valence-electron chi connectivity index (χ2n) is 6.03. The fourth-order valence-corrected chi connectivity index (χ4v) is 2.78. The topological polar surface area (TPSA) is 95.1 Å². The Morgan fingerprint density at radius 3 is 2.61 bits per heavy atom. The number of amides is 2. The minimum Gasteiger partial charge on any atom is -0.497 e. The number of rotatable bonds is 8. The van der Waals surface area contributed by atoms with E-state index in [1.165, 1.54) is 0 Å². The average Bonchev–Trinajstić information content (AvgIpc) is 3.19. The molecule has 3 rings (SSSR count). The summed E-state index contributed by atoms with van der Waals surface area (Å²) >= 11 is 0. The minimum absolute atomic E-state index is 0.122. The minimum atomic E-state index is -0.358. The lowest BCUT2D eigenvalue weighted by atomic mass is 10.1. The van der Waals surface area contributed by atoms with Crippen molar-refractivity contribution < 1.29 is 28.5 Å². The number of ether oxygens (including phenoxy) is 4. The molecule has 2 amide bonds. The second kappa shape index (κ2) is 8.98. The molecule has 1 heterocycles. The van der Waals surface area contributed by atoms with E-state index in [-0.39, 0.29) is 25.2 Å². The maximum Gasteiger partial charge on any atom is 0.251 e. The molecule has 28 heavy (non-hydrogen) atoms. The lowest BCUT2D eigenvalue weighted by Crippen LogP contribution is -2.37. The van der Waals surface area contributed by atoms with Crippen LogP contribution >= 0.6 is 0 Å². The average molecular weight is 386 g/mol. The van der Waals surface area contributed by atoms with E-state index in [9.17, 15) is 9.59 Å². The Balaban J connectivity index is 1.45. The Kier molecular flexibility index (Phi) is 6.21. The molecule has 0 aliphatic carbocycles. The Morgan fingerprint density at radius 1 is 1.00 bits per heavy atom. The molecule has 1 aliphatic heterocycles. The quantitative estimate of drug-likeness (QED) is 0.714. The number of fused-ring (bicyclic) bond motifs is 1. The van der Waals surface area contributed by atoms with E-state index in [2.05, 4.69) is 10.6 Å². The Bertz CT molecular complexity index is 868. The summed E-state index contributed by atoms with van der Waals surface area (Å²) in [5.41, 5.74) is 1.32. The Morgan fingerprint density at radius 2 is 1.82 bits per heavy atom. The molecule has 2 aromatic rings. The van der Waals surface area contributed by atoms with Crippen LogP contribution in [0.5, 0.6) is 23.0 Å². The molecular formula is C20H22N2O6. The molecule has 2 N–H and O–H groups in total. The SMILES string of the molecule is COc1ccc(OC)c(CCNC(=O)CNC(=O)c2ccc3c(c2)OCO3)c1. The first-order valence-corrected chi connectivity index (χ1v) is 8.76. The van der Waals surface area contributed by atoms with Crippen LogP contribution < -0.4 is 29.6 Å². The van der Waals surface area contributed by atoms with Gasteiger partial charge in [-0.1, -0.05) is 0 Å². The van der Waals surface area contributed by atoms with Crippen LogP contribution in [0.2, 0.25) is 0 Å². The number of nitrogens with one attached hydrogen (secondary N) is 2. The first-order valence-electron chi connectivity index (χ1n) is 8.76. The fourth-order valence-electron chi connectivity index (χ4n) is 2.78. The largest absolute Gasteiger partial charge is 0.497 e. The molecule has 0 atom stereocenters. The Labute approximate surface area is 162 Å². The molecule has 0 aromatic heterocycles. The third-order valence-corrected chi connectivity index (χ3v) is 4.25. The van der Waals surface area contributed by atoms with Gasteiger partial charge in [0, 0.05) is 12.1 Å². The van der Waals surface area contributed by atoms with Crippen molar-refractivity contribution in [2.45, 2.75) is 6.42 Å². The van der Waals surface area contributed by atoms with Gasteiger partial charge in [-0.15, -0.1) is 0 Å². The van der Waals surface area contributed by atoms with Gasteiger partial charge in [-0.25, -0.2) is 0 Å². The van der Waals surface area contributed by atoms with Gasteiger partial charge >= 0.3 is 0 Å². The van der Waals surface area contributed by atoms with E-state index in [0.29, 0.717) is 30.0 Å². The van der Waals surface area contributed by atoms with Crippen molar-refractivity contribution >= 4 is 11.8 Å². The van der Waals surface area contributed by atoms with Crippen molar-refractivity contribution in [3.05, 3.63) is 47.5 Å². The van der Waals surface area contributed by atoms with Gasteiger partial charge in [-0.3, -0.25) is 9.59 Å². The van der Waals surface area contributed by atoms with Crippen LogP contribution in [0.15, 0.2) is 36.4 Å². The number of benzene rings is 2. The second-order valence-corrected chi connectivity index (χ2v) is 6.03. The zero-order valence-corrected chi connectivity index (χ0v) is 15.7. The van der Waals surface area contributed by atoms with Gasteiger partial charge in [-0.2, -0.15) is 0 Å². The van der Waals surface area contributed by atoms with Crippen molar-refractivity contribution in [3.8, 4) is 23.0 Å². The summed E-state index contributed by atoms with van der Waals surface area (Å²) in [4.78, 5) is 24.2. The van der Waals surface area contributed by atoms with Crippen LogP contribution in [0.25, 0.3) is 0 Å². The summed E-state index contributed by atoms with van der Waals surface area (Å²) in [6.45, 7) is 0.422. The highest BCUT2D eigenvalue weighted by atomic mass is 16.7. The number of hydrogen-bond acceptors (Lipinski definition) is 6. The lowest BCUT2D eigenvalue weighted by molar-refractivity contribution is -0.120.